The predicted molar refractivity (Wildman–Crippen MR) is 80.4 cm³/mol. The molecular formula is C16H19N3O. The average molecular weight is 269 g/mol. The summed E-state index contributed by atoms with van der Waals surface area (Å²) in [6, 6.07) is 11.9. The lowest BCUT2D eigenvalue weighted by Crippen LogP contribution is -2.24. The summed E-state index contributed by atoms with van der Waals surface area (Å²) in [5.74, 6) is 0.0430. The molecule has 20 heavy (non-hydrogen) atoms. The molecule has 1 heterocycles. The van der Waals surface area contributed by atoms with Crippen LogP contribution in [0, 0.1) is 6.92 Å². The van der Waals surface area contributed by atoms with E-state index in [1.807, 2.05) is 36.4 Å². The van der Waals surface area contributed by atoms with Crippen LogP contribution in [-0.4, -0.2) is 17.4 Å². The number of hydrogen-bond acceptors (Lipinski definition) is 3. The lowest BCUT2D eigenvalue weighted by atomic mass is 10.2. The number of aromatic nitrogens is 1. The summed E-state index contributed by atoms with van der Waals surface area (Å²) in [6.45, 7) is 3.23. The minimum absolute atomic E-state index is 0.0430. The molecule has 0 saturated heterocycles. The first-order valence-electron chi connectivity index (χ1n) is 6.70. The van der Waals surface area contributed by atoms with Gasteiger partial charge in [0.1, 0.15) is 0 Å². The maximum atomic E-state index is 11.7. The summed E-state index contributed by atoms with van der Waals surface area (Å²) < 4.78 is 0. The topological polar surface area (TPSA) is 54.0 Å². The molecule has 0 saturated carbocycles. The fraction of sp³-hybridized carbons (Fsp3) is 0.250. The summed E-state index contributed by atoms with van der Waals surface area (Å²) in [7, 11) is 0. The van der Waals surface area contributed by atoms with Crippen molar-refractivity contribution in [3.8, 4) is 0 Å². The van der Waals surface area contributed by atoms with E-state index in [1.54, 1.807) is 12.4 Å². The highest BCUT2D eigenvalue weighted by atomic mass is 16.1. The van der Waals surface area contributed by atoms with Crippen LogP contribution in [0.1, 0.15) is 17.5 Å². The summed E-state index contributed by atoms with van der Waals surface area (Å²) in [6.07, 6.45) is 3.90. The molecule has 1 aromatic heterocycles. The molecule has 4 heteroatoms. The molecule has 0 spiro atoms. The highest BCUT2D eigenvalue weighted by Gasteiger charge is 2.01. The van der Waals surface area contributed by atoms with Crippen LogP contribution in [0.4, 0.5) is 5.69 Å². The van der Waals surface area contributed by atoms with E-state index >= 15 is 0 Å². The Kier molecular flexibility index (Phi) is 5.12. The van der Waals surface area contributed by atoms with Crippen LogP contribution in [0.25, 0.3) is 0 Å². The Hall–Kier alpha value is -2.36. The Labute approximate surface area is 119 Å². The molecule has 104 valence electrons. The highest BCUT2D eigenvalue weighted by Crippen LogP contribution is 2.08. The number of amides is 1. The fourth-order valence-corrected chi connectivity index (χ4v) is 1.78. The van der Waals surface area contributed by atoms with Crippen LogP contribution in [0.15, 0.2) is 48.8 Å². The molecule has 0 bridgehead atoms. The second kappa shape index (κ2) is 7.28. The zero-order valence-corrected chi connectivity index (χ0v) is 11.6. The molecule has 0 aliphatic carbocycles. The third kappa shape index (κ3) is 4.72. The predicted octanol–water partition coefficient (Wildman–Crippen LogP) is 2.51. The number of benzene rings is 1. The Morgan fingerprint density at radius 3 is 2.50 bits per heavy atom. The van der Waals surface area contributed by atoms with Gasteiger partial charge in [-0.25, -0.2) is 0 Å². The smallest absolute Gasteiger partial charge is 0.222 e. The number of pyridine rings is 1. The molecule has 0 unspecified atom stereocenters. The van der Waals surface area contributed by atoms with Gasteiger partial charge in [-0.05, 0) is 36.8 Å². The van der Waals surface area contributed by atoms with E-state index < -0.39 is 0 Å². The van der Waals surface area contributed by atoms with Gasteiger partial charge < -0.3 is 10.6 Å². The van der Waals surface area contributed by atoms with E-state index in [1.165, 1.54) is 5.56 Å². The number of carbonyl (C=O) groups is 1. The van der Waals surface area contributed by atoms with E-state index in [4.69, 9.17) is 0 Å². The third-order valence-electron chi connectivity index (χ3n) is 2.97. The van der Waals surface area contributed by atoms with Gasteiger partial charge in [0, 0.05) is 37.6 Å². The number of nitrogens with zero attached hydrogens (tertiary/aromatic N) is 1. The number of carbonyl (C=O) groups excluding carboxylic acids is 1. The summed E-state index contributed by atoms with van der Waals surface area (Å²) in [5.41, 5.74) is 3.32. The molecule has 1 aromatic carbocycles. The number of rotatable bonds is 6. The zero-order chi connectivity index (χ0) is 14.2. The van der Waals surface area contributed by atoms with Crippen LogP contribution in [0.3, 0.4) is 0 Å². The average Bonchev–Trinajstić information content (AvgIpc) is 2.48. The van der Waals surface area contributed by atoms with Gasteiger partial charge in [0.25, 0.3) is 0 Å². The van der Waals surface area contributed by atoms with Crippen molar-refractivity contribution < 1.29 is 4.79 Å². The van der Waals surface area contributed by atoms with E-state index in [0.29, 0.717) is 19.5 Å². The third-order valence-corrected chi connectivity index (χ3v) is 2.97. The molecule has 0 atom stereocenters. The Balaban J connectivity index is 1.66. The second-order valence-corrected chi connectivity index (χ2v) is 4.67. The van der Waals surface area contributed by atoms with E-state index in [2.05, 4.69) is 22.5 Å². The van der Waals surface area contributed by atoms with Crippen molar-refractivity contribution in [1.82, 2.24) is 10.3 Å². The normalized spacial score (nSPS) is 10.1. The van der Waals surface area contributed by atoms with Crippen molar-refractivity contribution in [2.45, 2.75) is 19.9 Å². The van der Waals surface area contributed by atoms with Crippen molar-refractivity contribution in [2.75, 3.05) is 11.9 Å². The largest absolute Gasteiger partial charge is 0.385 e. The monoisotopic (exact) mass is 269 g/mol. The molecule has 2 N–H and O–H groups in total. The molecule has 1 amide bonds. The van der Waals surface area contributed by atoms with Crippen LogP contribution in [0.2, 0.25) is 0 Å². The number of aryl methyl sites for hydroxylation is 1. The van der Waals surface area contributed by atoms with Gasteiger partial charge in [0.05, 0.1) is 0 Å². The fourth-order valence-electron chi connectivity index (χ4n) is 1.78. The van der Waals surface area contributed by atoms with Gasteiger partial charge in [0.15, 0.2) is 0 Å². The minimum atomic E-state index is 0.0430. The second-order valence-electron chi connectivity index (χ2n) is 4.67. The lowest BCUT2D eigenvalue weighted by molar-refractivity contribution is -0.121. The molecule has 0 radical (unpaired) electrons. The van der Waals surface area contributed by atoms with Gasteiger partial charge >= 0.3 is 0 Å². The highest BCUT2D eigenvalue weighted by molar-refractivity contribution is 5.76. The first kappa shape index (κ1) is 14.1. The van der Waals surface area contributed by atoms with Gasteiger partial charge in [-0.3, -0.25) is 9.78 Å². The molecule has 2 rings (SSSR count). The Morgan fingerprint density at radius 1 is 1.10 bits per heavy atom. The molecule has 0 aliphatic rings. The van der Waals surface area contributed by atoms with Crippen LogP contribution in [-0.2, 0) is 11.3 Å². The Bertz CT molecular complexity index is 537. The molecule has 2 aromatic rings. The quantitative estimate of drug-likeness (QED) is 0.847. The van der Waals surface area contributed by atoms with Gasteiger partial charge in [-0.2, -0.15) is 0 Å². The number of nitrogens with one attached hydrogen (secondary N) is 2. The standard InChI is InChI=1S/C16H19N3O/c1-13-2-4-15(5-3-13)18-11-8-16(20)19-12-14-6-9-17-10-7-14/h2-7,9-10,18H,8,11-12H2,1H3,(H,19,20). The maximum absolute atomic E-state index is 11.7. The minimum Gasteiger partial charge on any atom is -0.385 e. The number of hydrogen-bond donors (Lipinski definition) is 2. The lowest BCUT2D eigenvalue weighted by Gasteiger charge is -2.07. The van der Waals surface area contributed by atoms with Crippen molar-refractivity contribution in [3.63, 3.8) is 0 Å². The summed E-state index contributed by atoms with van der Waals surface area (Å²) in [5, 5.41) is 6.12. The maximum Gasteiger partial charge on any atom is 0.222 e. The van der Waals surface area contributed by atoms with Crippen LogP contribution < -0.4 is 10.6 Å². The van der Waals surface area contributed by atoms with E-state index in [0.717, 1.165) is 11.3 Å². The summed E-state index contributed by atoms with van der Waals surface area (Å²) in [4.78, 5) is 15.6. The molecule has 4 nitrogen and oxygen atoms in total. The van der Waals surface area contributed by atoms with Crippen LogP contribution >= 0.6 is 0 Å². The zero-order valence-electron chi connectivity index (χ0n) is 11.6. The molecule has 0 fully saturated rings. The van der Waals surface area contributed by atoms with Gasteiger partial charge in [0.2, 0.25) is 5.91 Å². The van der Waals surface area contributed by atoms with Crippen molar-refractivity contribution in [1.29, 1.82) is 0 Å². The van der Waals surface area contributed by atoms with Crippen molar-refractivity contribution >= 4 is 11.6 Å². The van der Waals surface area contributed by atoms with Gasteiger partial charge in [-0.15, -0.1) is 0 Å². The first-order chi connectivity index (χ1) is 9.74. The molecule has 0 aliphatic heterocycles. The van der Waals surface area contributed by atoms with Crippen molar-refractivity contribution in [3.05, 3.63) is 59.9 Å². The molecular weight excluding hydrogens is 250 g/mol. The summed E-state index contributed by atoms with van der Waals surface area (Å²) >= 11 is 0. The SMILES string of the molecule is Cc1ccc(NCCC(=O)NCc2ccncc2)cc1. The van der Waals surface area contributed by atoms with Crippen molar-refractivity contribution in [2.24, 2.45) is 0 Å². The van der Waals surface area contributed by atoms with E-state index in [-0.39, 0.29) is 5.91 Å². The Morgan fingerprint density at radius 2 is 1.80 bits per heavy atom. The van der Waals surface area contributed by atoms with Crippen LogP contribution in [0.5, 0.6) is 0 Å². The van der Waals surface area contributed by atoms with E-state index in [9.17, 15) is 4.79 Å². The van der Waals surface area contributed by atoms with Gasteiger partial charge in [-0.1, -0.05) is 17.7 Å². The first-order valence-corrected chi connectivity index (χ1v) is 6.70. The number of anilines is 1.